The number of rotatable bonds is 15. The Bertz CT molecular complexity index is 484. The SMILES string of the molecule is CCC(=O)OCCCCCOC(=O)/C=C\C(=O)OCCCCCOC(C)=O. The molecule has 0 aromatic carbocycles. The molecular formula is C19H30O8. The first kappa shape index (κ1) is 24.6. The molecule has 0 rings (SSSR count). The van der Waals surface area contributed by atoms with Crippen molar-refractivity contribution in [2.24, 2.45) is 0 Å². The molecule has 0 saturated carbocycles. The van der Waals surface area contributed by atoms with E-state index in [2.05, 4.69) is 0 Å². The van der Waals surface area contributed by atoms with E-state index in [-0.39, 0.29) is 25.2 Å². The molecule has 0 aliphatic heterocycles. The molecule has 0 unspecified atom stereocenters. The predicted octanol–water partition coefficient (Wildman–Crippen LogP) is 2.49. The van der Waals surface area contributed by atoms with Gasteiger partial charge in [-0.05, 0) is 38.5 Å². The summed E-state index contributed by atoms with van der Waals surface area (Å²) in [5.41, 5.74) is 0. The van der Waals surface area contributed by atoms with Gasteiger partial charge in [0, 0.05) is 25.5 Å². The van der Waals surface area contributed by atoms with Crippen LogP contribution in [0.25, 0.3) is 0 Å². The number of ether oxygens (including phenoxy) is 4. The minimum atomic E-state index is -0.607. The van der Waals surface area contributed by atoms with E-state index >= 15 is 0 Å². The van der Waals surface area contributed by atoms with Crippen LogP contribution in [0.15, 0.2) is 12.2 Å². The van der Waals surface area contributed by atoms with E-state index in [0.717, 1.165) is 25.0 Å². The normalized spacial score (nSPS) is 10.4. The number of hydrogen-bond donors (Lipinski definition) is 0. The molecule has 8 heteroatoms. The monoisotopic (exact) mass is 386 g/mol. The van der Waals surface area contributed by atoms with E-state index in [1.54, 1.807) is 6.92 Å². The number of unbranched alkanes of at least 4 members (excludes halogenated alkanes) is 4. The van der Waals surface area contributed by atoms with Crippen LogP contribution in [0.1, 0.15) is 58.8 Å². The molecule has 0 bridgehead atoms. The first-order chi connectivity index (χ1) is 13.0. The Morgan fingerprint density at radius 3 is 1.44 bits per heavy atom. The fraction of sp³-hybridized carbons (Fsp3) is 0.684. The second-order valence-electron chi connectivity index (χ2n) is 5.70. The third-order valence-electron chi connectivity index (χ3n) is 3.28. The summed E-state index contributed by atoms with van der Waals surface area (Å²) in [6.07, 6.45) is 6.70. The first-order valence-corrected chi connectivity index (χ1v) is 9.26. The van der Waals surface area contributed by atoms with Gasteiger partial charge in [-0.2, -0.15) is 0 Å². The molecule has 0 fully saturated rings. The molecule has 0 atom stereocenters. The lowest BCUT2D eigenvalue weighted by Crippen LogP contribution is -2.07. The molecule has 0 aliphatic carbocycles. The largest absolute Gasteiger partial charge is 0.466 e. The molecule has 0 spiro atoms. The van der Waals surface area contributed by atoms with Crippen LogP contribution in [0.3, 0.4) is 0 Å². The zero-order chi connectivity index (χ0) is 20.3. The topological polar surface area (TPSA) is 105 Å². The summed E-state index contributed by atoms with van der Waals surface area (Å²) in [4.78, 5) is 44.3. The van der Waals surface area contributed by atoms with Crippen molar-refractivity contribution in [3.05, 3.63) is 12.2 Å². The molecule has 8 nitrogen and oxygen atoms in total. The van der Waals surface area contributed by atoms with Gasteiger partial charge in [0.1, 0.15) is 0 Å². The second-order valence-corrected chi connectivity index (χ2v) is 5.70. The smallest absolute Gasteiger partial charge is 0.331 e. The molecule has 0 heterocycles. The van der Waals surface area contributed by atoms with Crippen LogP contribution in [0.2, 0.25) is 0 Å². The van der Waals surface area contributed by atoms with Crippen molar-refractivity contribution < 1.29 is 38.1 Å². The van der Waals surface area contributed by atoms with Crippen LogP contribution >= 0.6 is 0 Å². The Hall–Kier alpha value is -2.38. The van der Waals surface area contributed by atoms with E-state index in [1.807, 2.05) is 0 Å². The zero-order valence-electron chi connectivity index (χ0n) is 16.2. The Morgan fingerprint density at radius 1 is 0.630 bits per heavy atom. The highest BCUT2D eigenvalue weighted by Gasteiger charge is 2.02. The Morgan fingerprint density at radius 2 is 1.04 bits per heavy atom. The maximum atomic E-state index is 11.4. The fourth-order valence-electron chi connectivity index (χ4n) is 1.84. The van der Waals surface area contributed by atoms with Gasteiger partial charge in [0.2, 0.25) is 0 Å². The minimum Gasteiger partial charge on any atom is -0.466 e. The van der Waals surface area contributed by atoms with E-state index in [4.69, 9.17) is 18.9 Å². The fourth-order valence-corrected chi connectivity index (χ4v) is 1.84. The number of hydrogen-bond acceptors (Lipinski definition) is 8. The maximum absolute atomic E-state index is 11.4. The molecule has 0 amide bonds. The van der Waals surface area contributed by atoms with Crippen LogP contribution in [-0.4, -0.2) is 50.3 Å². The number of carbonyl (C=O) groups excluding carboxylic acids is 4. The summed E-state index contributed by atoms with van der Waals surface area (Å²) in [7, 11) is 0. The van der Waals surface area contributed by atoms with E-state index in [1.165, 1.54) is 6.92 Å². The van der Waals surface area contributed by atoms with Crippen LogP contribution < -0.4 is 0 Å². The van der Waals surface area contributed by atoms with Crippen LogP contribution in [0, 0.1) is 0 Å². The van der Waals surface area contributed by atoms with Gasteiger partial charge in [0.05, 0.1) is 26.4 Å². The zero-order valence-corrected chi connectivity index (χ0v) is 16.2. The van der Waals surface area contributed by atoms with Crippen molar-refractivity contribution in [3.63, 3.8) is 0 Å². The Labute approximate surface area is 160 Å². The van der Waals surface area contributed by atoms with Crippen molar-refractivity contribution in [2.45, 2.75) is 58.8 Å². The van der Waals surface area contributed by atoms with Crippen molar-refractivity contribution in [1.29, 1.82) is 0 Å². The molecule has 0 aromatic heterocycles. The second kappa shape index (κ2) is 17.1. The van der Waals surface area contributed by atoms with Gasteiger partial charge in [-0.1, -0.05) is 6.92 Å². The minimum absolute atomic E-state index is 0.222. The molecule has 0 aliphatic rings. The first-order valence-electron chi connectivity index (χ1n) is 9.26. The van der Waals surface area contributed by atoms with Gasteiger partial charge in [-0.25, -0.2) is 9.59 Å². The summed E-state index contributed by atoms with van der Waals surface area (Å²) >= 11 is 0. The van der Waals surface area contributed by atoms with Gasteiger partial charge in [-0.3, -0.25) is 9.59 Å². The van der Waals surface area contributed by atoms with Crippen LogP contribution in [0.4, 0.5) is 0 Å². The third kappa shape index (κ3) is 18.2. The van der Waals surface area contributed by atoms with E-state index in [0.29, 0.717) is 45.3 Å². The van der Waals surface area contributed by atoms with Crippen LogP contribution in [-0.2, 0) is 38.1 Å². The van der Waals surface area contributed by atoms with Gasteiger partial charge in [-0.15, -0.1) is 0 Å². The Balaban J connectivity index is 3.54. The van der Waals surface area contributed by atoms with Crippen molar-refractivity contribution in [1.82, 2.24) is 0 Å². The van der Waals surface area contributed by atoms with E-state index < -0.39 is 11.9 Å². The van der Waals surface area contributed by atoms with Crippen LogP contribution in [0.5, 0.6) is 0 Å². The summed E-state index contributed by atoms with van der Waals surface area (Å²) in [5.74, 6) is -1.74. The standard InChI is InChI=1S/C19H30O8/c1-3-17(21)25-13-7-5-9-15-27-19(23)11-10-18(22)26-14-8-4-6-12-24-16(2)20/h10-11H,3-9,12-15H2,1-2H3/b11-10-. The lowest BCUT2D eigenvalue weighted by atomic mass is 10.2. The summed E-state index contributed by atoms with van der Waals surface area (Å²) in [5, 5.41) is 0. The highest BCUT2D eigenvalue weighted by atomic mass is 16.5. The highest BCUT2D eigenvalue weighted by Crippen LogP contribution is 1.99. The summed E-state index contributed by atoms with van der Waals surface area (Å²) in [6, 6.07) is 0. The highest BCUT2D eigenvalue weighted by molar-refractivity contribution is 5.91. The molecule has 154 valence electrons. The van der Waals surface area contributed by atoms with E-state index in [9.17, 15) is 19.2 Å². The molecule has 0 saturated heterocycles. The lowest BCUT2D eigenvalue weighted by Gasteiger charge is -2.04. The average molecular weight is 386 g/mol. The molecule has 0 N–H and O–H groups in total. The maximum Gasteiger partial charge on any atom is 0.331 e. The third-order valence-corrected chi connectivity index (χ3v) is 3.28. The molecule has 0 radical (unpaired) electrons. The average Bonchev–Trinajstić information content (AvgIpc) is 2.64. The summed E-state index contributed by atoms with van der Waals surface area (Å²) in [6.45, 7) is 4.30. The lowest BCUT2D eigenvalue weighted by molar-refractivity contribution is -0.143. The number of esters is 4. The summed E-state index contributed by atoms with van der Waals surface area (Å²) < 4.78 is 19.6. The van der Waals surface area contributed by atoms with Gasteiger partial charge in [0.15, 0.2) is 0 Å². The van der Waals surface area contributed by atoms with Crippen molar-refractivity contribution in [3.8, 4) is 0 Å². The molecule has 27 heavy (non-hydrogen) atoms. The van der Waals surface area contributed by atoms with Crippen molar-refractivity contribution >= 4 is 23.9 Å². The van der Waals surface area contributed by atoms with Gasteiger partial charge in [0.25, 0.3) is 0 Å². The van der Waals surface area contributed by atoms with Crippen molar-refractivity contribution in [2.75, 3.05) is 26.4 Å². The predicted molar refractivity (Wildman–Crippen MR) is 96.6 cm³/mol. The quantitative estimate of drug-likeness (QED) is 0.183. The van der Waals surface area contributed by atoms with Gasteiger partial charge >= 0.3 is 23.9 Å². The molecular weight excluding hydrogens is 356 g/mol. The Kier molecular flexibility index (Phi) is 15.6. The van der Waals surface area contributed by atoms with Gasteiger partial charge < -0.3 is 18.9 Å². The molecule has 0 aromatic rings. The number of carbonyl (C=O) groups is 4.